The number of rotatable bonds is 8. The van der Waals surface area contributed by atoms with Crippen LogP contribution in [0.2, 0.25) is 0 Å². The molecule has 1 N–H and O–H groups in total. The Bertz CT molecular complexity index is 640. The second-order valence-corrected chi connectivity index (χ2v) is 5.82. The van der Waals surface area contributed by atoms with Crippen LogP contribution in [0.25, 0.3) is 0 Å². The van der Waals surface area contributed by atoms with Crippen molar-refractivity contribution >= 4 is 17.2 Å². The first-order chi connectivity index (χ1) is 11.1. The van der Waals surface area contributed by atoms with E-state index in [-0.39, 0.29) is 5.91 Å². The molecule has 124 valence electrons. The molecule has 0 unspecified atom stereocenters. The lowest BCUT2D eigenvalue weighted by atomic mass is 10.3. The van der Waals surface area contributed by atoms with Crippen LogP contribution in [0.1, 0.15) is 20.4 Å². The van der Waals surface area contributed by atoms with Gasteiger partial charge in [0.2, 0.25) is 0 Å². The highest BCUT2D eigenvalue weighted by Crippen LogP contribution is 2.19. The van der Waals surface area contributed by atoms with E-state index in [0.717, 1.165) is 22.2 Å². The first-order valence-electron chi connectivity index (χ1n) is 7.14. The van der Waals surface area contributed by atoms with Gasteiger partial charge in [-0.2, -0.15) is 0 Å². The molecule has 2 aromatic rings. The van der Waals surface area contributed by atoms with Gasteiger partial charge in [0.1, 0.15) is 28.0 Å². The van der Waals surface area contributed by atoms with E-state index in [4.69, 9.17) is 14.2 Å². The molecule has 23 heavy (non-hydrogen) atoms. The lowest BCUT2D eigenvalue weighted by molar-refractivity contribution is 0.0950. The Hall–Kier alpha value is -2.12. The van der Waals surface area contributed by atoms with Gasteiger partial charge in [0.15, 0.2) is 0 Å². The molecule has 0 saturated carbocycles. The normalized spacial score (nSPS) is 10.4. The number of carbonyl (C=O) groups is 1. The number of nitrogens with one attached hydrogen (secondary N) is 1. The number of nitrogens with zero attached hydrogens (tertiary/aromatic N) is 1. The Morgan fingerprint density at radius 1 is 1.22 bits per heavy atom. The van der Waals surface area contributed by atoms with Gasteiger partial charge in [0.25, 0.3) is 5.91 Å². The standard InChI is InChI=1S/C16H20N2O4S/c1-11-15(23-14(18-11)10-20-2)16(19)17-8-9-22-13-6-4-12(21-3)5-7-13/h4-7H,8-10H2,1-3H3,(H,17,19). The lowest BCUT2D eigenvalue weighted by Crippen LogP contribution is -2.27. The zero-order valence-electron chi connectivity index (χ0n) is 13.4. The first kappa shape index (κ1) is 17.2. The molecule has 0 atom stereocenters. The minimum Gasteiger partial charge on any atom is -0.497 e. The van der Waals surface area contributed by atoms with E-state index in [2.05, 4.69) is 10.3 Å². The van der Waals surface area contributed by atoms with Crippen molar-refractivity contribution in [2.45, 2.75) is 13.5 Å². The molecule has 0 fully saturated rings. The fraction of sp³-hybridized carbons (Fsp3) is 0.375. The summed E-state index contributed by atoms with van der Waals surface area (Å²) in [5.74, 6) is 1.37. The van der Waals surface area contributed by atoms with E-state index < -0.39 is 0 Å². The summed E-state index contributed by atoms with van der Waals surface area (Å²) in [5, 5.41) is 3.62. The Kier molecular flexibility index (Phi) is 6.37. The maximum atomic E-state index is 12.1. The molecule has 1 amide bonds. The van der Waals surface area contributed by atoms with Crippen molar-refractivity contribution in [3.8, 4) is 11.5 Å². The third kappa shape index (κ3) is 4.94. The number of aryl methyl sites for hydroxylation is 1. The van der Waals surface area contributed by atoms with Gasteiger partial charge in [0.05, 0.1) is 26.0 Å². The molecule has 0 bridgehead atoms. The minimum atomic E-state index is -0.138. The second-order valence-electron chi connectivity index (χ2n) is 4.74. The number of hydrogen-bond donors (Lipinski definition) is 1. The average Bonchev–Trinajstić information content (AvgIpc) is 2.93. The van der Waals surface area contributed by atoms with Gasteiger partial charge in [-0.3, -0.25) is 4.79 Å². The van der Waals surface area contributed by atoms with E-state index in [9.17, 15) is 4.79 Å². The quantitative estimate of drug-likeness (QED) is 0.750. The number of aromatic nitrogens is 1. The van der Waals surface area contributed by atoms with E-state index in [1.165, 1.54) is 11.3 Å². The summed E-state index contributed by atoms with van der Waals surface area (Å²) >= 11 is 1.35. The molecule has 2 rings (SSSR count). The number of ether oxygens (including phenoxy) is 3. The molecule has 6 nitrogen and oxygen atoms in total. The predicted molar refractivity (Wildman–Crippen MR) is 88.4 cm³/mol. The Morgan fingerprint density at radius 3 is 2.57 bits per heavy atom. The number of benzene rings is 1. The van der Waals surface area contributed by atoms with E-state index in [1.807, 2.05) is 31.2 Å². The Balaban J connectivity index is 1.78. The highest BCUT2D eigenvalue weighted by molar-refractivity contribution is 7.13. The van der Waals surface area contributed by atoms with E-state index >= 15 is 0 Å². The van der Waals surface area contributed by atoms with Crippen LogP contribution in [0, 0.1) is 6.92 Å². The lowest BCUT2D eigenvalue weighted by Gasteiger charge is -2.08. The zero-order chi connectivity index (χ0) is 16.7. The molecular weight excluding hydrogens is 316 g/mol. The van der Waals surface area contributed by atoms with Crippen molar-refractivity contribution in [3.05, 3.63) is 39.8 Å². The fourth-order valence-electron chi connectivity index (χ4n) is 1.93. The van der Waals surface area contributed by atoms with Crippen LogP contribution in [0.3, 0.4) is 0 Å². The molecule has 0 spiro atoms. The SMILES string of the molecule is COCc1nc(C)c(C(=O)NCCOc2ccc(OC)cc2)s1. The number of amides is 1. The summed E-state index contributed by atoms with van der Waals surface area (Å²) in [7, 11) is 3.22. The molecule has 1 aromatic heterocycles. The second kappa shape index (κ2) is 8.50. The smallest absolute Gasteiger partial charge is 0.263 e. The summed E-state index contributed by atoms with van der Waals surface area (Å²) in [5.41, 5.74) is 0.718. The van der Waals surface area contributed by atoms with Gasteiger partial charge in [-0.25, -0.2) is 4.98 Å². The molecule has 0 saturated heterocycles. The molecule has 1 heterocycles. The van der Waals surface area contributed by atoms with Gasteiger partial charge in [-0.15, -0.1) is 11.3 Å². The van der Waals surface area contributed by atoms with Gasteiger partial charge in [0, 0.05) is 7.11 Å². The average molecular weight is 336 g/mol. The third-order valence-electron chi connectivity index (χ3n) is 3.03. The molecule has 0 radical (unpaired) electrons. The maximum Gasteiger partial charge on any atom is 0.263 e. The zero-order valence-corrected chi connectivity index (χ0v) is 14.2. The molecule has 0 aliphatic heterocycles. The molecule has 0 aliphatic carbocycles. The number of methoxy groups -OCH3 is 2. The van der Waals surface area contributed by atoms with Crippen molar-refractivity contribution in [3.63, 3.8) is 0 Å². The van der Waals surface area contributed by atoms with Crippen molar-refractivity contribution in [1.82, 2.24) is 10.3 Å². The highest BCUT2D eigenvalue weighted by Gasteiger charge is 2.14. The minimum absolute atomic E-state index is 0.138. The Morgan fingerprint density at radius 2 is 1.91 bits per heavy atom. The van der Waals surface area contributed by atoms with E-state index in [1.54, 1.807) is 14.2 Å². The van der Waals surface area contributed by atoms with Crippen LogP contribution in [-0.2, 0) is 11.3 Å². The molecule has 7 heteroatoms. The van der Waals surface area contributed by atoms with Crippen molar-refractivity contribution < 1.29 is 19.0 Å². The van der Waals surface area contributed by atoms with Crippen LogP contribution in [0.5, 0.6) is 11.5 Å². The van der Waals surface area contributed by atoms with Gasteiger partial charge >= 0.3 is 0 Å². The van der Waals surface area contributed by atoms with Gasteiger partial charge < -0.3 is 19.5 Å². The summed E-state index contributed by atoms with van der Waals surface area (Å²) < 4.78 is 15.7. The number of carbonyl (C=O) groups excluding carboxylic acids is 1. The van der Waals surface area contributed by atoms with Crippen LogP contribution in [0.15, 0.2) is 24.3 Å². The van der Waals surface area contributed by atoms with Crippen LogP contribution < -0.4 is 14.8 Å². The van der Waals surface area contributed by atoms with Crippen molar-refractivity contribution in [1.29, 1.82) is 0 Å². The topological polar surface area (TPSA) is 69.7 Å². The van der Waals surface area contributed by atoms with Crippen LogP contribution >= 0.6 is 11.3 Å². The molecule has 1 aromatic carbocycles. The highest BCUT2D eigenvalue weighted by atomic mass is 32.1. The van der Waals surface area contributed by atoms with Gasteiger partial charge in [-0.1, -0.05) is 0 Å². The summed E-state index contributed by atoms with van der Waals surface area (Å²) in [4.78, 5) is 17.0. The first-order valence-corrected chi connectivity index (χ1v) is 7.96. The predicted octanol–water partition coefficient (Wildman–Crippen LogP) is 2.42. The fourth-order valence-corrected chi connectivity index (χ4v) is 2.89. The van der Waals surface area contributed by atoms with Crippen LogP contribution in [-0.4, -0.2) is 38.3 Å². The Labute approximate surface area is 139 Å². The van der Waals surface area contributed by atoms with E-state index in [0.29, 0.717) is 24.6 Å². The third-order valence-corrected chi connectivity index (χ3v) is 4.16. The summed E-state index contributed by atoms with van der Waals surface area (Å²) in [6.45, 7) is 3.04. The largest absolute Gasteiger partial charge is 0.497 e. The van der Waals surface area contributed by atoms with Crippen LogP contribution in [0.4, 0.5) is 0 Å². The number of thiazole rings is 1. The monoisotopic (exact) mass is 336 g/mol. The summed E-state index contributed by atoms with van der Waals surface area (Å²) in [6, 6.07) is 7.30. The molecule has 0 aliphatic rings. The summed E-state index contributed by atoms with van der Waals surface area (Å²) in [6.07, 6.45) is 0. The number of hydrogen-bond acceptors (Lipinski definition) is 6. The van der Waals surface area contributed by atoms with Crippen molar-refractivity contribution in [2.75, 3.05) is 27.4 Å². The van der Waals surface area contributed by atoms with Crippen molar-refractivity contribution in [2.24, 2.45) is 0 Å². The maximum absolute atomic E-state index is 12.1. The van der Waals surface area contributed by atoms with Gasteiger partial charge in [-0.05, 0) is 31.2 Å². The molecular formula is C16H20N2O4S.